The van der Waals surface area contributed by atoms with Gasteiger partial charge in [-0.25, -0.2) is 0 Å². The van der Waals surface area contributed by atoms with Crippen LogP contribution in [0.15, 0.2) is 0 Å². The fourth-order valence-corrected chi connectivity index (χ4v) is 1.89. The zero-order valence-corrected chi connectivity index (χ0v) is 9.85. The average molecular weight is 231 g/mol. The summed E-state index contributed by atoms with van der Waals surface area (Å²) in [5, 5.41) is 8.79. The highest BCUT2D eigenvalue weighted by molar-refractivity contribution is 5.67. The molecule has 0 aliphatic carbocycles. The van der Waals surface area contributed by atoms with E-state index in [1.807, 2.05) is 6.92 Å². The van der Waals surface area contributed by atoms with Gasteiger partial charge in [0.05, 0.1) is 19.6 Å². The monoisotopic (exact) mass is 231 g/mol. The molecule has 1 aliphatic heterocycles. The Kier molecular flexibility index (Phi) is 6.37. The van der Waals surface area contributed by atoms with Crippen molar-refractivity contribution in [1.29, 1.82) is 0 Å². The minimum Gasteiger partial charge on any atom is -0.481 e. The number of rotatable bonds is 7. The summed E-state index contributed by atoms with van der Waals surface area (Å²) in [6, 6.07) is 0.0212. The number of ether oxygens (including phenoxy) is 2. The number of carboxylic acid groups (broad SMARTS) is 1. The van der Waals surface area contributed by atoms with E-state index in [4.69, 9.17) is 14.6 Å². The van der Waals surface area contributed by atoms with Gasteiger partial charge >= 0.3 is 5.97 Å². The van der Waals surface area contributed by atoms with E-state index in [-0.39, 0.29) is 12.5 Å². The summed E-state index contributed by atoms with van der Waals surface area (Å²) >= 11 is 0. The molecule has 0 amide bonds. The largest absolute Gasteiger partial charge is 0.481 e. The molecule has 1 N–H and O–H groups in total. The van der Waals surface area contributed by atoms with E-state index in [2.05, 4.69) is 4.90 Å². The first kappa shape index (κ1) is 13.4. The molecule has 1 heterocycles. The van der Waals surface area contributed by atoms with Gasteiger partial charge in [0.25, 0.3) is 0 Å². The standard InChI is InChI=1S/C11H21NO4/c1-2-15-6-3-4-12-5-7-16-9-10(12)8-11(13)14/h10H,2-9H2,1H3,(H,13,14). The van der Waals surface area contributed by atoms with E-state index in [1.54, 1.807) is 0 Å². The van der Waals surface area contributed by atoms with E-state index in [0.717, 1.165) is 32.7 Å². The summed E-state index contributed by atoms with van der Waals surface area (Å²) in [4.78, 5) is 12.9. The van der Waals surface area contributed by atoms with E-state index in [0.29, 0.717) is 13.2 Å². The second kappa shape index (κ2) is 7.60. The van der Waals surface area contributed by atoms with Gasteiger partial charge in [-0.05, 0) is 13.3 Å². The van der Waals surface area contributed by atoms with Crippen molar-refractivity contribution in [3.8, 4) is 0 Å². The number of nitrogens with zero attached hydrogens (tertiary/aromatic N) is 1. The maximum Gasteiger partial charge on any atom is 0.305 e. The first-order valence-electron chi connectivity index (χ1n) is 5.85. The zero-order valence-electron chi connectivity index (χ0n) is 9.85. The molecule has 1 fully saturated rings. The van der Waals surface area contributed by atoms with Crippen molar-refractivity contribution in [2.75, 3.05) is 39.5 Å². The minimum atomic E-state index is -0.759. The normalized spacial score (nSPS) is 22.2. The lowest BCUT2D eigenvalue weighted by Crippen LogP contribution is -2.47. The highest BCUT2D eigenvalue weighted by atomic mass is 16.5. The highest BCUT2D eigenvalue weighted by Crippen LogP contribution is 2.11. The van der Waals surface area contributed by atoms with E-state index < -0.39 is 5.97 Å². The van der Waals surface area contributed by atoms with Gasteiger partial charge in [0.2, 0.25) is 0 Å². The molecule has 0 aromatic rings. The van der Waals surface area contributed by atoms with Crippen LogP contribution in [0, 0.1) is 0 Å². The summed E-state index contributed by atoms with van der Waals surface area (Å²) in [6.45, 7) is 6.40. The van der Waals surface area contributed by atoms with Gasteiger partial charge < -0.3 is 14.6 Å². The second-order valence-electron chi connectivity index (χ2n) is 3.91. The lowest BCUT2D eigenvalue weighted by molar-refractivity contribution is -0.140. The Bertz CT molecular complexity index is 210. The van der Waals surface area contributed by atoms with Crippen LogP contribution in [0.2, 0.25) is 0 Å². The van der Waals surface area contributed by atoms with Gasteiger partial charge in [0.1, 0.15) is 0 Å². The molecular weight excluding hydrogens is 210 g/mol. The molecule has 5 heteroatoms. The van der Waals surface area contributed by atoms with Gasteiger partial charge in [0, 0.05) is 32.3 Å². The lowest BCUT2D eigenvalue weighted by Gasteiger charge is -2.34. The summed E-state index contributed by atoms with van der Waals surface area (Å²) in [7, 11) is 0. The summed E-state index contributed by atoms with van der Waals surface area (Å²) in [6.07, 6.45) is 1.11. The molecular formula is C11H21NO4. The molecule has 0 spiro atoms. The fraction of sp³-hybridized carbons (Fsp3) is 0.909. The molecule has 0 aromatic heterocycles. The van der Waals surface area contributed by atoms with Crippen LogP contribution in [-0.2, 0) is 14.3 Å². The van der Waals surface area contributed by atoms with Crippen LogP contribution < -0.4 is 0 Å². The Morgan fingerprint density at radius 1 is 1.62 bits per heavy atom. The molecule has 0 aromatic carbocycles. The van der Waals surface area contributed by atoms with Crippen LogP contribution in [0.3, 0.4) is 0 Å². The molecule has 1 rings (SSSR count). The van der Waals surface area contributed by atoms with E-state index in [9.17, 15) is 4.79 Å². The molecule has 0 saturated carbocycles. The van der Waals surface area contributed by atoms with Crippen LogP contribution in [0.5, 0.6) is 0 Å². The Morgan fingerprint density at radius 3 is 3.12 bits per heavy atom. The van der Waals surface area contributed by atoms with Crippen molar-refractivity contribution < 1.29 is 19.4 Å². The van der Waals surface area contributed by atoms with Gasteiger partial charge in [-0.15, -0.1) is 0 Å². The lowest BCUT2D eigenvalue weighted by atomic mass is 10.1. The Hall–Kier alpha value is -0.650. The molecule has 0 radical (unpaired) electrons. The van der Waals surface area contributed by atoms with Crippen LogP contribution in [-0.4, -0.2) is 61.5 Å². The summed E-state index contributed by atoms with van der Waals surface area (Å²) in [5.74, 6) is -0.759. The Balaban J connectivity index is 2.26. The minimum absolute atomic E-state index is 0.0212. The fourth-order valence-electron chi connectivity index (χ4n) is 1.89. The molecule has 1 unspecified atom stereocenters. The number of hydrogen-bond donors (Lipinski definition) is 1. The van der Waals surface area contributed by atoms with Crippen molar-refractivity contribution in [3.63, 3.8) is 0 Å². The highest BCUT2D eigenvalue weighted by Gasteiger charge is 2.24. The topological polar surface area (TPSA) is 59.0 Å². The van der Waals surface area contributed by atoms with Crippen LogP contribution >= 0.6 is 0 Å². The quantitative estimate of drug-likeness (QED) is 0.650. The summed E-state index contributed by atoms with van der Waals surface area (Å²) in [5.41, 5.74) is 0. The number of aliphatic carboxylic acids is 1. The Labute approximate surface area is 96.3 Å². The molecule has 1 saturated heterocycles. The van der Waals surface area contributed by atoms with Crippen molar-refractivity contribution in [2.24, 2.45) is 0 Å². The van der Waals surface area contributed by atoms with Crippen LogP contribution in [0.4, 0.5) is 0 Å². The predicted molar refractivity (Wildman–Crippen MR) is 59.5 cm³/mol. The predicted octanol–water partition coefficient (Wildman–Crippen LogP) is 0.589. The Morgan fingerprint density at radius 2 is 2.44 bits per heavy atom. The summed E-state index contributed by atoms with van der Waals surface area (Å²) < 4.78 is 10.6. The number of hydrogen-bond acceptors (Lipinski definition) is 4. The number of carbonyl (C=O) groups is 1. The van der Waals surface area contributed by atoms with Gasteiger partial charge in [0.15, 0.2) is 0 Å². The SMILES string of the molecule is CCOCCCN1CCOCC1CC(=O)O. The zero-order chi connectivity index (χ0) is 11.8. The first-order valence-corrected chi connectivity index (χ1v) is 5.85. The molecule has 1 aliphatic rings. The van der Waals surface area contributed by atoms with Crippen LogP contribution in [0.1, 0.15) is 19.8 Å². The average Bonchev–Trinajstić information content (AvgIpc) is 2.26. The number of carboxylic acids is 1. The van der Waals surface area contributed by atoms with Crippen molar-refractivity contribution >= 4 is 5.97 Å². The molecule has 0 bridgehead atoms. The number of morpholine rings is 1. The molecule has 5 nitrogen and oxygen atoms in total. The second-order valence-corrected chi connectivity index (χ2v) is 3.91. The molecule has 94 valence electrons. The van der Waals surface area contributed by atoms with E-state index >= 15 is 0 Å². The molecule has 1 atom stereocenters. The third-order valence-electron chi connectivity index (χ3n) is 2.70. The third kappa shape index (κ3) is 4.92. The maximum absolute atomic E-state index is 10.7. The first-order chi connectivity index (χ1) is 7.74. The van der Waals surface area contributed by atoms with Gasteiger partial charge in [-0.2, -0.15) is 0 Å². The van der Waals surface area contributed by atoms with Crippen molar-refractivity contribution in [3.05, 3.63) is 0 Å². The van der Waals surface area contributed by atoms with Crippen molar-refractivity contribution in [2.45, 2.75) is 25.8 Å². The smallest absolute Gasteiger partial charge is 0.305 e. The van der Waals surface area contributed by atoms with Crippen molar-refractivity contribution in [1.82, 2.24) is 4.90 Å². The van der Waals surface area contributed by atoms with Gasteiger partial charge in [-0.3, -0.25) is 9.69 Å². The van der Waals surface area contributed by atoms with Crippen LogP contribution in [0.25, 0.3) is 0 Å². The molecule has 16 heavy (non-hydrogen) atoms. The van der Waals surface area contributed by atoms with E-state index in [1.165, 1.54) is 0 Å². The van der Waals surface area contributed by atoms with Gasteiger partial charge in [-0.1, -0.05) is 0 Å². The maximum atomic E-state index is 10.7. The third-order valence-corrected chi connectivity index (χ3v) is 2.70.